The van der Waals surface area contributed by atoms with Crippen molar-refractivity contribution in [1.29, 1.82) is 0 Å². The maximum Gasteiger partial charge on any atom is 0.497 e. The molecule has 1 aliphatic heterocycles. The highest BCUT2D eigenvalue weighted by Crippen LogP contribution is 2.45. The number of ether oxygens (including phenoxy) is 1. The number of aromatic nitrogens is 1. The molecule has 0 unspecified atom stereocenters. The summed E-state index contributed by atoms with van der Waals surface area (Å²) >= 11 is 6.54. The number of halogens is 3. The van der Waals surface area contributed by atoms with Crippen molar-refractivity contribution in [2.75, 3.05) is 0 Å². The van der Waals surface area contributed by atoms with Crippen molar-refractivity contribution in [3.63, 3.8) is 0 Å². The number of carbonyl (C=O) groups is 1. The average molecular weight is 544 g/mol. The van der Waals surface area contributed by atoms with Crippen LogP contribution in [0.15, 0.2) is 42.5 Å². The van der Waals surface area contributed by atoms with Crippen LogP contribution in [-0.2, 0) is 14.0 Å². The first-order chi connectivity index (χ1) is 17.5. The fourth-order valence-electron chi connectivity index (χ4n) is 4.53. The Morgan fingerprint density at radius 3 is 2.13 bits per heavy atom. The molecule has 5 nitrogen and oxygen atoms in total. The Bertz CT molecular complexity index is 1420. The zero-order valence-corrected chi connectivity index (χ0v) is 23.8. The maximum atomic E-state index is 14.3. The topological polar surface area (TPSA) is 49.7 Å². The molecular weight excluding hydrogens is 511 g/mol. The molecular formula is C29H33BClF2NO4. The molecule has 3 aromatic rings. The largest absolute Gasteiger partial charge is 0.497 e. The van der Waals surface area contributed by atoms with Gasteiger partial charge >= 0.3 is 13.2 Å². The minimum Gasteiger partial charge on any atom is -0.443 e. The van der Waals surface area contributed by atoms with Crippen molar-refractivity contribution in [1.82, 2.24) is 4.57 Å². The van der Waals surface area contributed by atoms with E-state index >= 15 is 0 Å². The Morgan fingerprint density at radius 1 is 1.00 bits per heavy atom. The van der Waals surface area contributed by atoms with E-state index in [2.05, 4.69) is 0 Å². The highest BCUT2D eigenvalue weighted by Gasteiger charge is 2.53. The highest BCUT2D eigenvalue weighted by atomic mass is 35.5. The Morgan fingerprint density at radius 2 is 1.58 bits per heavy atom. The van der Waals surface area contributed by atoms with Crippen LogP contribution in [-0.4, -0.2) is 34.6 Å². The second-order valence-corrected chi connectivity index (χ2v) is 11.9. The van der Waals surface area contributed by atoms with Gasteiger partial charge in [0.1, 0.15) is 17.2 Å². The fraction of sp³-hybridized carbons (Fsp3) is 0.414. The van der Waals surface area contributed by atoms with E-state index in [0.29, 0.717) is 39.6 Å². The van der Waals surface area contributed by atoms with Crippen LogP contribution >= 0.6 is 11.6 Å². The fourth-order valence-corrected chi connectivity index (χ4v) is 4.81. The van der Waals surface area contributed by atoms with Crippen LogP contribution in [0.25, 0.3) is 21.9 Å². The number of hydrogen-bond donors (Lipinski definition) is 0. The molecule has 1 fully saturated rings. The molecule has 1 aromatic heterocycles. The number of benzene rings is 2. The van der Waals surface area contributed by atoms with Gasteiger partial charge in [-0.25, -0.2) is 18.1 Å². The number of carbonyl (C=O) groups excluding carboxylic acids is 1. The van der Waals surface area contributed by atoms with Crippen LogP contribution in [0.1, 0.15) is 73.1 Å². The van der Waals surface area contributed by atoms with Crippen LogP contribution in [0, 0.1) is 11.6 Å². The molecule has 2 heterocycles. The Balaban J connectivity index is 2.09. The third-order valence-electron chi connectivity index (χ3n) is 7.04. The van der Waals surface area contributed by atoms with Crippen molar-refractivity contribution >= 4 is 46.8 Å². The number of nitrogens with zero attached hydrogens (tertiary/aromatic N) is 1. The van der Waals surface area contributed by atoms with Crippen LogP contribution < -0.4 is 0 Å². The first kappa shape index (κ1) is 28.3. The molecule has 202 valence electrons. The summed E-state index contributed by atoms with van der Waals surface area (Å²) in [5.41, 5.74) is 0.511. The predicted octanol–water partition coefficient (Wildman–Crippen LogP) is 8.31. The molecule has 1 aliphatic rings. The summed E-state index contributed by atoms with van der Waals surface area (Å²) in [6.07, 6.45) is -0.182. The van der Waals surface area contributed by atoms with E-state index in [4.69, 9.17) is 25.6 Å². The van der Waals surface area contributed by atoms with Crippen LogP contribution in [0.3, 0.4) is 0 Å². The van der Waals surface area contributed by atoms with Gasteiger partial charge in [0.15, 0.2) is 0 Å². The van der Waals surface area contributed by atoms with Crippen LogP contribution in [0.4, 0.5) is 13.6 Å². The van der Waals surface area contributed by atoms with Crippen LogP contribution in [0.5, 0.6) is 0 Å². The summed E-state index contributed by atoms with van der Waals surface area (Å²) in [7, 11) is -0.911. The molecule has 0 radical (unpaired) electrons. The molecule has 4 rings (SSSR count). The monoisotopic (exact) mass is 543 g/mol. The molecule has 0 spiro atoms. The zero-order valence-electron chi connectivity index (χ0n) is 23.0. The van der Waals surface area contributed by atoms with E-state index in [1.165, 1.54) is 34.9 Å². The summed E-state index contributed by atoms with van der Waals surface area (Å²) < 4.78 is 48.4. The Hall–Kier alpha value is -2.68. The van der Waals surface area contributed by atoms with Gasteiger partial charge in [-0.15, -0.1) is 0 Å². The van der Waals surface area contributed by atoms with Crippen molar-refractivity contribution in [3.8, 4) is 0 Å². The SMILES string of the molecule is CC/C(=C(/B1OC(C)(C)C(C)(C)O1)c1cc2cc(F)ccc2n1C(=O)OC(C)(C)C)c1ccc(F)cc1Cl. The summed E-state index contributed by atoms with van der Waals surface area (Å²) in [5.74, 6) is -0.909. The molecule has 0 aliphatic carbocycles. The molecule has 9 heteroatoms. The predicted molar refractivity (Wildman–Crippen MR) is 148 cm³/mol. The smallest absolute Gasteiger partial charge is 0.443 e. The molecule has 0 N–H and O–H groups in total. The van der Waals surface area contributed by atoms with E-state index < -0.39 is 41.6 Å². The van der Waals surface area contributed by atoms with Crippen LogP contribution in [0.2, 0.25) is 5.02 Å². The standard InChI is InChI=1S/C29H33BClF2NO4/c1-9-20(21-12-10-19(33)16-22(21)31)25(30-37-28(5,6)29(7,8)38-30)24-15-17-14-18(32)11-13-23(17)34(24)26(35)36-27(2,3)4/h10-16H,9H2,1-8H3/b25-20-. The minimum atomic E-state index is -0.911. The maximum absolute atomic E-state index is 14.3. The first-order valence-corrected chi connectivity index (χ1v) is 13.0. The number of allylic oxidation sites excluding steroid dienone is 1. The normalized spacial score (nSPS) is 17.6. The van der Waals surface area contributed by atoms with Crippen molar-refractivity contribution < 1.29 is 27.6 Å². The van der Waals surface area contributed by atoms with Gasteiger partial charge in [-0.1, -0.05) is 24.6 Å². The molecule has 0 saturated carbocycles. The van der Waals surface area contributed by atoms with Gasteiger partial charge in [-0.2, -0.15) is 0 Å². The molecule has 0 bridgehead atoms. The number of hydrogen-bond acceptors (Lipinski definition) is 4. The van der Waals surface area contributed by atoms with Gasteiger partial charge in [0.25, 0.3) is 0 Å². The van der Waals surface area contributed by atoms with E-state index in [0.717, 1.165) is 0 Å². The number of fused-ring (bicyclic) bond motifs is 1. The van der Waals surface area contributed by atoms with E-state index in [-0.39, 0.29) is 5.02 Å². The molecule has 38 heavy (non-hydrogen) atoms. The Kier molecular flexibility index (Phi) is 7.32. The van der Waals surface area contributed by atoms with E-state index in [1.54, 1.807) is 32.9 Å². The molecule has 0 amide bonds. The molecule has 2 aromatic carbocycles. The minimum absolute atomic E-state index is 0.210. The van der Waals surface area contributed by atoms with Crippen molar-refractivity contribution in [2.45, 2.75) is 78.6 Å². The third kappa shape index (κ3) is 5.26. The number of rotatable bonds is 4. The lowest BCUT2D eigenvalue weighted by Gasteiger charge is -2.32. The summed E-state index contributed by atoms with van der Waals surface area (Å²) in [6, 6.07) is 10.1. The van der Waals surface area contributed by atoms with Crippen molar-refractivity contribution in [2.24, 2.45) is 0 Å². The molecule has 0 atom stereocenters. The van der Waals surface area contributed by atoms with Gasteiger partial charge in [0, 0.05) is 10.9 Å². The lowest BCUT2D eigenvalue weighted by atomic mass is 9.71. The first-order valence-electron chi connectivity index (χ1n) is 12.6. The highest BCUT2D eigenvalue weighted by molar-refractivity contribution is 6.71. The average Bonchev–Trinajstić information content (AvgIpc) is 3.23. The second kappa shape index (κ2) is 9.81. The third-order valence-corrected chi connectivity index (χ3v) is 7.35. The summed E-state index contributed by atoms with van der Waals surface area (Å²) in [4.78, 5) is 13.6. The van der Waals surface area contributed by atoms with E-state index in [1.807, 2.05) is 34.6 Å². The van der Waals surface area contributed by atoms with Gasteiger partial charge in [0.2, 0.25) is 0 Å². The lowest BCUT2D eigenvalue weighted by molar-refractivity contribution is 0.00578. The van der Waals surface area contributed by atoms with Gasteiger partial charge in [-0.05, 0) is 102 Å². The van der Waals surface area contributed by atoms with Gasteiger partial charge < -0.3 is 14.0 Å². The second-order valence-electron chi connectivity index (χ2n) is 11.5. The Labute approximate surface area is 227 Å². The van der Waals surface area contributed by atoms with Gasteiger partial charge in [0.05, 0.1) is 27.4 Å². The zero-order chi connectivity index (χ0) is 28.2. The summed E-state index contributed by atoms with van der Waals surface area (Å²) in [5, 5.41) is 0.711. The lowest BCUT2D eigenvalue weighted by Crippen LogP contribution is -2.41. The molecule has 1 saturated heterocycles. The summed E-state index contributed by atoms with van der Waals surface area (Å²) in [6.45, 7) is 15.0. The quantitative estimate of drug-likeness (QED) is 0.311. The van der Waals surface area contributed by atoms with E-state index in [9.17, 15) is 13.6 Å². The van der Waals surface area contributed by atoms with Crippen molar-refractivity contribution in [3.05, 3.63) is 70.4 Å². The van der Waals surface area contributed by atoms with Gasteiger partial charge in [-0.3, -0.25) is 0 Å².